The molecule has 6 nitrogen and oxygen atoms in total. The Hall–Kier alpha value is -2.34. The third-order valence-electron chi connectivity index (χ3n) is 4.92. The summed E-state index contributed by atoms with van der Waals surface area (Å²) in [6.45, 7) is 5.52. The first kappa shape index (κ1) is 27.9. The van der Waals surface area contributed by atoms with E-state index in [-0.39, 0.29) is 47.0 Å². The number of phosphoric acid groups is 1. The van der Waals surface area contributed by atoms with E-state index in [0.717, 1.165) is 35.1 Å². The maximum Gasteiger partial charge on any atom is 1.00 e. The molecule has 0 N–H and O–H groups in total. The molecule has 0 amide bonds. The minimum Gasteiger partial charge on any atom is -0.736 e. The molecule has 0 aliphatic heterocycles. The van der Waals surface area contributed by atoms with E-state index >= 15 is 0 Å². The summed E-state index contributed by atoms with van der Waals surface area (Å²) in [5.41, 5.74) is 4.29. The number of rotatable bonds is 9. The molecule has 0 radical (unpaired) electrons. The Morgan fingerprint density at radius 2 is 1.15 bits per heavy atom. The molecular weight excluding hydrogens is 462 g/mol. The summed E-state index contributed by atoms with van der Waals surface area (Å²) < 4.78 is 27.4. The number of esters is 1. The molecule has 0 spiro atoms. The van der Waals surface area contributed by atoms with Gasteiger partial charge in [0, 0.05) is 6.92 Å². The minimum absolute atomic E-state index is 0. The third kappa shape index (κ3) is 7.86. The van der Waals surface area contributed by atoms with Crippen LogP contribution in [-0.2, 0) is 9.36 Å². The Labute approximate surface area is 222 Å². The fourth-order valence-electron chi connectivity index (χ4n) is 3.55. The van der Waals surface area contributed by atoms with Crippen molar-refractivity contribution >= 4 is 24.9 Å². The van der Waals surface area contributed by atoms with Gasteiger partial charge in [-0.3, -0.25) is 4.79 Å². The Bertz CT molecular complexity index is 1160. The van der Waals surface area contributed by atoms with Crippen molar-refractivity contribution in [2.45, 2.75) is 33.6 Å². The van der Waals surface area contributed by atoms with E-state index in [1.54, 1.807) is 54.6 Å². The van der Waals surface area contributed by atoms with Gasteiger partial charge in [-0.2, -0.15) is 0 Å². The van der Waals surface area contributed by atoms with Crippen LogP contribution in [0.4, 0.5) is 0 Å². The van der Waals surface area contributed by atoms with Gasteiger partial charge < -0.3 is 18.7 Å². The van der Waals surface area contributed by atoms with Crippen molar-refractivity contribution in [3.05, 3.63) is 90.0 Å². The molecule has 3 aromatic carbocycles. The molecular formula is C26H26NaO6P. The first-order valence-electron chi connectivity index (χ1n) is 10.7. The van der Waals surface area contributed by atoms with Gasteiger partial charge in [-0.15, -0.1) is 0 Å². The average molecular weight is 488 g/mol. The third-order valence-corrected chi connectivity index (χ3v) is 5.79. The molecule has 3 rings (SSSR count). The van der Waals surface area contributed by atoms with E-state index in [1.165, 1.54) is 6.92 Å². The summed E-state index contributed by atoms with van der Waals surface area (Å²) in [7, 11) is -4.57. The molecule has 0 aromatic heterocycles. The van der Waals surface area contributed by atoms with Crippen molar-refractivity contribution < 1.29 is 57.6 Å². The van der Waals surface area contributed by atoms with Gasteiger partial charge in [0.2, 0.25) is 0 Å². The topological polar surface area (TPSA) is 84.9 Å². The van der Waals surface area contributed by atoms with Crippen molar-refractivity contribution in [2.75, 3.05) is 0 Å². The molecule has 0 saturated heterocycles. The minimum atomic E-state index is -4.57. The van der Waals surface area contributed by atoms with Crippen LogP contribution in [0.15, 0.2) is 78.9 Å². The molecule has 0 aliphatic rings. The van der Waals surface area contributed by atoms with E-state index in [9.17, 15) is 14.3 Å². The molecule has 0 fully saturated rings. The molecule has 0 aliphatic carbocycles. The van der Waals surface area contributed by atoms with Gasteiger partial charge in [-0.1, -0.05) is 56.3 Å². The van der Waals surface area contributed by atoms with Crippen LogP contribution < -0.4 is 48.2 Å². The van der Waals surface area contributed by atoms with Gasteiger partial charge >= 0.3 is 43.3 Å². The largest absolute Gasteiger partial charge is 1.00 e. The normalized spacial score (nSPS) is 13.1. The number of allylic oxidation sites excluding steroid dienone is 2. The van der Waals surface area contributed by atoms with Gasteiger partial charge in [-0.05, 0) is 71.5 Å². The molecule has 0 bridgehead atoms. The number of ether oxygens (including phenoxy) is 1. The second-order valence-corrected chi connectivity index (χ2v) is 8.51. The van der Waals surface area contributed by atoms with Crippen molar-refractivity contribution in [3.63, 3.8) is 0 Å². The molecule has 34 heavy (non-hydrogen) atoms. The van der Waals surface area contributed by atoms with Crippen molar-refractivity contribution in [1.29, 1.82) is 0 Å². The van der Waals surface area contributed by atoms with Gasteiger partial charge in [-0.25, -0.2) is 4.57 Å². The van der Waals surface area contributed by atoms with Gasteiger partial charge in [0.1, 0.15) is 17.2 Å². The van der Waals surface area contributed by atoms with Crippen LogP contribution in [0.1, 0.15) is 44.7 Å². The van der Waals surface area contributed by atoms with E-state index in [2.05, 4.69) is 13.8 Å². The fraction of sp³-hybridized carbons (Fsp3) is 0.192. The second-order valence-electron chi connectivity index (χ2n) is 7.25. The van der Waals surface area contributed by atoms with Gasteiger partial charge in [0.05, 0.1) is 0 Å². The number of benzene rings is 3. The van der Waals surface area contributed by atoms with Crippen molar-refractivity contribution in [3.8, 4) is 17.2 Å². The zero-order chi connectivity index (χ0) is 23.8. The predicted octanol–water partition coefficient (Wildman–Crippen LogP) is 3.27. The summed E-state index contributed by atoms with van der Waals surface area (Å²) in [5, 5.41) is 0. The molecule has 0 heterocycles. The maximum atomic E-state index is 12.2. The molecule has 0 saturated carbocycles. The van der Waals surface area contributed by atoms with Crippen LogP contribution in [0.3, 0.4) is 0 Å². The quantitative estimate of drug-likeness (QED) is 0.151. The van der Waals surface area contributed by atoms with Crippen molar-refractivity contribution in [2.24, 2.45) is 0 Å². The Balaban J connectivity index is 0.00000408. The van der Waals surface area contributed by atoms with Crippen LogP contribution in [0.2, 0.25) is 0 Å². The molecule has 1 unspecified atom stereocenters. The summed E-state index contributed by atoms with van der Waals surface area (Å²) >= 11 is 0. The summed E-state index contributed by atoms with van der Waals surface area (Å²) in [4.78, 5) is 23.4. The Morgan fingerprint density at radius 1 is 0.735 bits per heavy atom. The average Bonchev–Trinajstić information content (AvgIpc) is 2.78. The Morgan fingerprint density at radius 3 is 1.56 bits per heavy atom. The SMILES string of the molecule is CCC(=C(CC)c1ccc(OP(=O)([O-])Oc2ccccc2)cc1)c1ccc(OC(C)=O)cc1.[Na+]. The standard InChI is InChI=1S/C26H27O6P.Na/c1-4-25(20-11-15-22(16-12-20)30-19(3)27)26(5-2)21-13-17-24(18-14-21)32-33(28,29)31-23-9-7-6-8-10-23;/h6-18H,4-5H2,1-3H3,(H,28,29);/q;+1/p-1. The maximum absolute atomic E-state index is 12.2. The van der Waals surface area contributed by atoms with Crippen LogP contribution >= 0.6 is 7.82 Å². The molecule has 3 aromatic rings. The monoisotopic (exact) mass is 488 g/mol. The first-order chi connectivity index (χ1) is 15.8. The summed E-state index contributed by atoms with van der Waals surface area (Å²) in [6.07, 6.45) is 1.58. The summed E-state index contributed by atoms with van der Waals surface area (Å²) in [6, 6.07) is 22.5. The number of carbonyl (C=O) groups is 1. The van der Waals surface area contributed by atoms with E-state index < -0.39 is 7.82 Å². The van der Waals surface area contributed by atoms with Crippen LogP contribution in [-0.4, -0.2) is 5.97 Å². The zero-order valence-electron chi connectivity index (χ0n) is 19.8. The first-order valence-corrected chi connectivity index (χ1v) is 12.1. The van der Waals surface area contributed by atoms with E-state index in [0.29, 0.717) is 5.75 Å². The van der Waals surface area contributed by atoms with Crippen molar-refractivity contribution in [1.82, 2.24) is 0 Å². The number of hydrogen-bond acceptors (Lipinski definition) is 6. The number of phosphoric ester groups is 1. The van der Waals surface area contributed by atoms with Crippen LogP contribution in [0.25, 0.3) is 11.1 Å². The molecule has 8 heteroatoms. The number of carbonyl (C=O) groups excluding carboxylic acids is 1. The molecule has 172 valence electrons. The fourth-order valence-corrected chi connectivity index (χ4v) is 4.35. The Kier molecular flexibility index (Phi) is 10.6. The van der Waals surface area contributed by atoms with Gasteiger partial charge in [0.15, 0.2) is 0 Å². The van der Waals surface area contributed by atoms with Crippen LogP contribution in [0.5, 0.6) is 17.2 Å². The smallest absolute Gasteiger partial charge is 0.736 e. The number of para-hydroxylation sites is 1. The van der Waals surface area contributed by atoms with Crippen LogP contribution in [0, 0.1) is 0 Å². The molecule has 1 atom stereocenters. The van der Waals surface area contributed by atoms with E-state index in [1.807, 2.05) is 24.3 Å². The van der Waals surface area contributed by atoms with Gasteiger partial charge in [0.25, 0.3) is 0 Å². The zero-order valence-corrected chi connectivity index (χ0v) is 22.7. The number of hydrogen-bond donors (Lipinski definition) is 0. The predicted molar refractivity (Wildman–Crippen MR) is 127 cm³/mol. The second kappa shape index (κ2) is 12.9. The summed E-state index contributed by atoms with van der Waals surface area (Å²) in [5.74, 6) is 0.506. The van der Waals surface area contributed by atoms with E-state index in [4.69, 9.17) is 13.8 Å².